The van der Waals surface area contributed by atoms with E-state index in [2.05, 4.69) is 19.1 Å². The van der Waals surface area contributed by atoms with Crippen molar-refractivity contribution in [3.8, 4) is 16.9 Å². The number of hydrogen-bond donors (Lipinski definition) is 0. The van der Waals surface area contributed by atoms with Crippen LogP contribution in [0.4, 0.5) is 5.69 Å². The second-order valence-corrected chi connectivity index (χ2v) is 9.73. The van der Waals surface area contributed by atoms with Gasteiger partial charge < -0.3 is 14.5 Å². The number of piperidine rings is 1. The van der Waals surface area contributed by atoms with Crippen molar-refractivity contribution >= 4 is 29.1 Å². The smallest absolute Gasteiger partial charge is 0.253 e. The number of aryl methyl sites for hydroxylation is 1. The van der Waals surface area contributed by atoms with E-state index in [9.17, 15) is 9.59 Å². The maximum absolute atomic E-state index is 13.1. The van der Waals surface area contributed by atoms with Crippen LogP contribution in [0.3, 0.4) is 0 Å². The minimum Gasteiger partial charge on any atom is -0.490 e. The van der Waals surface area contributed by atoms with E-state index in [0.29, 0.717) is 30.1 Å². The van der Waals surface area contributed by atoms with Crippen LogP contribution in [-0.2, 0) is 4.79 Å². The van der Waals surface area contributed by atoms with Crippen LogP contribution < -0.4 is 9.64 Å². The fraction of sp³-hybridized carbons (Fsp3) is 0.310. The van der Waals surface area contributed by atoms with Gasteiger partial charge in [0, 0.05) is 55.2 Å². The van der Waals surface area contributed by atoms with Crippen LogP contribution in [0.5, 0.6) is 5.75 Å². The minimum absolute atomic E-state index is 0.0531. The van der Waals surface area contributed by atoms with Crippen molar-refractivity contribution in [3.05, 3.63) is 82.9 Å². The van der Waals surface area contributed by atoms with Crippen molar-refractivity contribution in [3.63, 3.8) is 0 Å². The zero-order valence-corrected chi connectivity index (χ0v) is 20.6. The summed E-state index contributed by atoms with van der Waals surface area (Å²) in [6, 6.07) is 21.4. The van der Waals surface area contributed by atoms with Crippen molar-refractivity contribution in [2.45, 2.75) is 38.7 Å². The number of likely N-dealkylation sites (tertiary alicyclic amines) is 1. The lowest BCUT2D eigenvalue weighted by Gasteiger charge is -2.32. The highest BCUT2D eigenvalue weighted by molar-refractivity contribution is 6.30. The van der Waals surface area contributed by atoms with Crippen molar-refractivity contribution in [2.24, 2.45) is 0 Å². The molecule has 3 aromatic rings. The Balaban J connectivity index is 1.20. The van der Waals surface area contributed by atoms with Crippen molar-refractivity contribution < 1.29 is 14.3 Å². The number of anilines is 1. The standard InChI is InChI=1S/C29H29ClN2O3/c1-20-18-24(32-15-3-6-28(32)33)11-12-27(20)21-7-9-22(10-8-21)29(34)31-16-13-25(14-17-31)35-26-5-2-4-23(30)19-26/h2,4-5,7-12,18-19,25H,3,6,13-17H2,1H3. The maximum Gasteiger partial charge on any atom is 0.253 e. The van der Waals surface area contributed by atoms with E-state index in [-0.39, 0.29) is 17.9 Å². The molecule has 0 saturated carbocycles. The molecule has 6 heteroatoms. The SMILES string of the molecule is Cc1cc(N2CCCC2=O)ccc1-c1ccc(C(=O)N2CCC(Oc3cccc(Cl)c3)CC2)cc1. The molecule has 0 aromatic heterocycles. The lowest BCUT2D eigenvalue weighted by molar-refractivity contribution is -0.117. The summed E-state index contributed by atoms with van der Waals surface area (Å²) in [6.07, 6.45) is 3.22. The average Bonchev–Trinajstić information content (AvgIpc) is 3.30. The topological polar surface area (TPSA) is 49.9 Å². The first-order chi connectivity index (χ1) is 17.0. The molecule has 2 aliphatic heterocycles. The first-order valence-electron chi connectivity index (χ1n) is 12.2. The molecule has 0 bridgehead atoms. The number of carbonyl (C=O) groups is 2. The lowest BCUT2D eigenvalue weighted by atomic mass is 9.98. The Morgan fingerprint density at radius 3 is 2.40 bits per heavy atom. The lowest BCUT2D eigenvalue weighted by Crippen LogP contribution is -2.41. The molecule has 3 aromatic carbocycles. The van der Waals surface area contributed by atoms with Crippen LogP contribution in [0.25, 0.3) is 11.1 Å². The van der Waals surface area contributed by atoms with Crippen molar-refractivity contribution in [1.82, 2.24) is 4.90 Å². The number of nitrogens with zero attached hydrogens (tertiary/aromatic N) is 2. The molecule has 5 rings (SSSR count). The molecule has 0 spiro atoms. The molecule has 0 atom stereocenters. The van der Waals surface area contributed by atoms with Crippen LogP contribution in [0, 0.1) is 6.92 Å². The van der Waals surface area contributed by atoms with Gasteiger partial charge in [-0.3, -0.25) is 9.59 Å². The van der Waals surface area contributed by atoms with E-state index >= 15 is 0 Å². The number of benzene rings is 3. The van der Waals surface area contributed by atoms with E-state index in [1.807, 2.05) is 64.4 Å². The fourth-order valence-corrected chi connectivity index (χ4v) is 5.13. The quantitative estimate of drug-likeness (QED) is 0.434. The number of hydrogen-bond acceptors (Lipinski definition) is 3. The van der Waals surface area contributed by atoms with E-state index in [4.69, 9.17) is 16.3 Å². The van der Waals surface area contributed by atoms with E-state index in [1.54, 1.807) is 0 Å². The third-order valence-electron chi connectivity index (χ3n) is 6.87. The Kier molecular flexibility index (Phi) is 6.78. The largest absolute Gasteiger partial charge is 0.490 e. The van der Waals surface area contributed by atoms with E-state index < -0.39 is 0 Å². The van der Waals surface area contributed by atoms with Gasteiger partial charge in [-0.2, -0.15) is 0 Å². The second kappa shape index (κ2) is 10.1. The molecule has 0 radical (unpaired) electrons. The number of amides is 2. The molecule has 35 heavy (non-hydrogen) atoms. The summed E-state index contributed by atoms with van der Waals surface area (Å²) < 4.78 is 6.05. The number of carbonyl (C=O) groups excluding carboxylic acids is 2. The summed E-state index contributed by atoms with van der Waals surface area (Å²) in [5.41, 5.74) is 4.94. The van der Waals surface area contributed by atoms with Gasteiger partial charge in [0.15, 0.2) is 0 Å². The predicted octanol–water partition coefficient (Wildman–Crippen LogP) is 6.13. The number of halogens is 1. The first-order valence-corrected chi connectivity index (χ1v) is 12.6. The molecule has 180 valence electrons. The molecule has 2 saturated heterocycles. The van der Waals surface area contributed by atoms with E-state index in [1.165, 1.54) is 0 Å². The summed E-state index contributed by atoms with van der Waals surface area (Å²) in [4.78, 5) is 28.9. The normalized spacial score (nSPS) is 16.6. The Labute approximate surface area is 211 Å². The summed E-state index contributed by atoms with van der Waals surface area (Å²) in [7, 11) is 0. The Morgan fingerprint density at radius 1 is 0.971 bits per heavy atom. The maximum atomic E-state index is 13.1. The van der Waals surface area contributed by atoms with E-state index in [0.717, 1.165) is 53.9 Å². The van der Waals surface area contributed by atoms with Crippen LogP contribution in [0.15, 0.2) is 66.7 Å². The van der Waals surface area contributed by atoms with Gasteiger partial charge >= 0.3 is 0 Å². The summed E-state index contributed by atoms with van der Waals surface area (Å²) >= 11 is 6.05. The molecule has 2 heterocycles. The van der Waals surface area contributed by atoms with Gasteiger partial charge in [-0.1, -0.05) is 35.9 Å². The Hall–Kier alpha value is -3.31. The Morgan fingerprint density at radius 2 is 1.74 bits per heavy atom. The molecule has 2 fully saturated rings. The number of ether oxygens (including phenoxy) is 1. The van der Waals surface area contributed by atoms with Crippen molar-refractivity contribution in [1.29, 1.82) is 0 Å². The molecule has 0 N–H and O–H groups in total. The Bertz CT molecular complexity index is 1230. The summed E-state index contributed by atoms with van der Waals surface area (Å²) in [6.45, 7) is 4.19. The first kappa shape index (κ1) is 23.4. The van der Waals surface area contributed by atoms with Crippen LogP contribution in [-0.4, -0.2) is 42.5 Å². The predicted molar refractivity (Wildman–Crippen MR) is 139 cm³/mol. The zero-order chi connectivity index (χ0) is 24.4. The minimum atomic E-state index is 0.0531. The molecule has 0 unspecified atom stereocenters. The zero-order valence-electron chi connectivity index (χ0n) is 19.9. The van der Waals surface area contributed by atoms with Crippen LogP contribution in [0.2, 0.25) is 5.02 Å². The van der Waals surface area contributed by atoms with Gasteiger partial charge in [-0.15, -0.1) is 0 Å². The van der Waals surface area contributed by atoms with Gasteiger partial charge in [0.25, 0.3) is 5.91 Å². The highest BCUT2D eigenvalue weighted by Gasteiger charge is 2.25. The summed E-state index contributed by atoms with van der Waals surface area (Å²) in [5, 5.41) is 0.659. The molecule has 2 aliphatic rings. The van der Waals surface area contributed by atoms with Crippen LogP contribution >= 0.6 is 11.6 Å². The highest BCUT2D eigenvalue weighted by atomic mass is 35.5. The molecule has 5 nitrogen and oxygen atoms in total. The molecular formula is C29H29ClN2O3. The third kappa shape index (κ3) is 5.20. The second-order valence-electron chi connectivity index (χ2n) is 9.29. The van der Waals surface area contributed by atoms with Gasteiger partial charge in [-0.05, 0) is 72.5 Å². The highest BCUT2D eigenvalue weighted by Crippen LogP contribution is 2.30. The van der Waals surface area contributed by atoms with Crippen LogP contribution in [0.1, 0.15) is 41.6 Å². The average molecular weight is 489 g/mol. The molecule has 2 amide bonds. The van der Waals surface area contributed by atoms with Gasteiger partial charge in [0.05, 0.1) is 0 Å². The third-order valence-corrected chi connectivity index (χ3v) is 7.10. The summed E-state index contributed by atoms with van der Waals surface area (Å²) in [5.74, 6) is 1.02. The van der Waals surface area contributed by atoms with Crippen molar-refractivity contribution in [2.75, 3.05) is 24.5 Å². The molecule has 0 aliphatic carbocycles. The van der Waals surface area contributed by atoms with Gasteiger partial charge in [0.2, 0.25) is 5.91 Å². The monoisotopic (exact) mass is 488 g/mol. The number of rotatable bonds is 5. The van der Waals surface area contributed by atoms with Gasteiger partial charge in [-0.25, -0.2) is 0 Å². The van der Waals surface area contributed by atoms with Gasteiger partial charge in [0.1, 0.15) is 11.9 Å². The molecular weight excluding hydrogens is 460 g/mol. The fourth-order valence-electron chi connectivity index (χ4n) is 4.95.